The summed E-state index contributed by atoms with van der Waals surface area (Å²) < 4.78 is 32.5. The van der Waals surface area contributed by atoms with E-state index < -0.39 is 5.82 Å². The Morgan fingerprint density at radius 2 is 1.74 bits per heavy atom. The van der Waals surface area contributed by atoms with Crippen LogP contribution in [0, 0.1) is 11.6 Å². The molecule has 0 bridgehead atoms. The summed E-state index contributed by atoms with van der Waals surface area (Å²) in [6, 6.07) is 9.24. The molecule has 8 heteroatoms. The van der Waals surface area contributed by atoms with Crippen molar-refractivity contribution in [3.05, 3.63) is 70.2 Å². The molecule has 2 aliphatic rings. The summed E-state index contributed by atoms with van der Waals surface area (Å²) >= 11 is 5.94. The minimum Gasteiger partial charge on any atom is -0.370 e. The van der Waals surface area contributed by atoms with Gasteiger partial charge in [-0.3, -0.25) is 9.59 Å². The topological polar surface area (TPSA) is 58.6 Å². The highest BCUT2D eigenvalue weighted by atomic mass is 35.5. The van der Waals surface area contributed by atoms with E-state index in [-0.39, 0.29) is 39.9 Å². The van der Waals surface area contributed by atoms with Crippen molar-refractivity contribution in [1.82, 2.24) is 10.2 Å². The Bertz CT molecular complexity index is 975. The zero-order chi connectivity index (χ0) is 22.0. The molecular weight excluding hydrogens is 426 g/mol. The van der Waals surface area contributed by atoms with Gasteiger partial charge in [-0.15, -0.1) is 0 Å². The molecule has 2 aromatic rings. The highest BCUT2D eigenvalue weighted by molar-refractivity contribution is 6.33. The molecule has 2 aromatic carbocycles. The molecule has 2 fully saturated rings. The maximum Gasteiger partial charge on any atom is 0.253 e. The van der Waals surface area contributed by atoms with Crippen LogP contribution in [0.15, 0.2) is 42.5 Å². The number of carbonyl (C=O) groups is 2. The van der Waals surface area contributed by atoms with Gasteiger partial charge < -0.3 is 15.0 Å². The van der Waals surface area contributed by atoms with E-state index in [9.17, 15) is 18.4 Å². The summed E-state index contributed by atoms with van der Waals surface area (Å²) in [5, 5.41) is 2.88. The van der Waals surface area contributed by atoms with Crippen molar-refractivity contribution in [2.75, 3.05) is 19.6 Å². The Balaban J connectivity index is 1.27. The van der Waals surface area contributed by atoms with Crippen LogP contribution in [0.25, 0.3) is 0 Å². The van der Waals surface area contributed by atoms with Crippen LogP contribution < -0.4 is 5.32 Å². The van der Waals surface area contributed by atoms with Gasteiger partial charge in [0.25, 0.3) is 11.8 Å². The predicted molar refractivity (Wildman–Crippen MR) is 112 cm³/mol. The first-order valence-corrected chi connectivity index (χ1v) is 10.7. The molecular formula is C23H23ClF2N2O3. The van der Waals surface area contributed by atoms with Crippen LogP contribution >= 0.6 is 11.6 Å². The van der Waals surface area contributed by atoms with Gasteiger partial charge in [0, 0.05) is 25.2 Å². The predicted octanol–water partition coefficient (Wildman–Crippen LogP) is 4.20. The lowest BCUT2D eigenvalue weighted by Gasteiger charge is -2.39. The van der Waals surface area contributed by atoms with Crippen molar-refractivity contribution < 1.29 is 23.1 Å². The molecule has 0 radical (unpaired) electrons. The van der Waals surface area contributed by atoms with E-state index in [1.54, 1.807) is 4.90 Å². The summed E-state index contributed by atoms with van der Waals surface area (Å²) in [6.07, 6.45) is 2.98. The highest BCUT2D eigenvalue weighted by Gasteiger charge is 2.43. The molecule has 1 N–H and O–H groups in total. The van der Waals surface area contributed by atoms with E-state index in [4.69, 9.17) is 16.3 Å². The normalized spacial score (nSPS) is 20.1. The molecule has 5 nitrogen and oxygen atoms in total. The van der Waals surface area contributed by atoms with Crippen LogP contribution in [0.1, 0.15) is 46.4 Å². The number of hydrogen-bond donors (Lipinski definition) is 1. The van der Waals surface area contributed by atoms with Crippen LogP contribution in [-0.2, 0) is 4.74 Å². The molecule has 4 rings (SSSR count). The first kappa shape index (κ1) is 21.7. The number of hydrogen-bond acceptors (Lipinski definition) is 3. The molecule has 1 unspecified atom stereocenters. The third kappa shape index (κ3) is 4.88. The summed E-state index contributed by atoms with van der Waals surface area (Å²) in [7, 11) is 0. The number of ether oxygens (including phenoxy) is 1. The first-order valence-electron chi connectivity index (χ1n) is 10.3. The maximum atomic E-state index is 13.2. The van der Waals surface area contributed by atoms with E-state index in [2.05, 4.69) is 5.32 Å². The second-order valence-corrected chi connectivity index (χ2v) is 8.50. The Morgan fingerprint density at radius 3 is 2.42 bits per heavy atom. The summed E-state index contributed by atoms with van der Waals surface area (Å²) in [5.74, 6) is -1.33. The quantitative estimate of drug-likeness (QED) is 0.762. The Labute approximate surface area is 184 Å². The average molecular weight is 449 g/mol. The van der Waals surface area contributed by atoms with Crippen LogP contribution in [0.4, 0.5) is 8.78 Å². The van der Waals surface area contributed by atoms with Crippen LogP contribution in [-0.4, -0.2) is 48.1 Å². The van der Waals surface area contributed by atoms with Gasteiger partial charge in [0.05, 0.1) is 22.3 Å². The lowest BCUT2D eigenvalue weighted by molar-refractivity contribution is -0.0712. The molecule has 1 atom stereocenters. The molecule has 2 saturated heterocycles. The van der Waals surface area contributed by atoms with Crippen LogP contribution in [0.2, 0.25) is 5.02 Å². The maximum absolute atomic E-state index is 13.2. The van der Waals surface area contributed by atoms with Gasteiger partial charge in [0.15, 0.2) is 0 Å². The SMILES string of the molecule is O=C(NCC1CCC2(CCN(C(=O)c3ccc(F)cc3)CC2)O1)c1ccc(F)cc1Cl. The van der Waals surface area contributed by atoms with E-state index in [1.165, 1.54) is 36.4 Å². The largest absolute Gasteiger partial charge is 0.370 e. The molecule has 2 amide bonds. The Kier molecular flexibility index (Phi) is 6.25. The zero-order valence-corrected chi connectivity index (χ0v) is 17.6. The lowest BCUT2D eigenvalue weighted by Crippen LogP contribution is -2.47. The third-order valence-corrected chi connectivity index (χ3v) is 6.37. The van der Waals surface area contributed by atoms with Gasteiger partial charge in [-0.05, 0) is 68.1 Å². The number of nitrogens with zero attached hydrogens (tertiary/aromatic N) is 1. The molecule has 164 valence electrons. The van der Waals surface area contributed by atoms with Crippen molar-refractivity contribution in [3.8, 4) is 0 Å². The number of nitrogens with one attached hydrogen (secondary N) is 1. The van der Waals surface area contributed by atoms with Crippen LogP contribution in [0.5, 0.6) is 0 Å². The van der Waals surface area contributed by atoms with Gasteiger partial charge in [0.1, 0.15) is 11.6 Å². The number of halogens is 3. The third-order valence-electron chi connectivity index (χ3n) is 6.06. The number of benzene rings is 2. The monoisotopic (exact) mass is 448 g/mol. The lowest BCUT2D eigenvalue weighted by atomic mass is 9.88. The van der Waals surface area contributed by atoms with Crippen molar-refractivity contribution in [2.24, 2.45) is 0 Å². The van der Waals surface area contributed by atoms with Gasteiger partial charge in [0.2, 0.25) is 0 Å². The Morgan fingerprint density at radius 1 is 1.06 bits per heavy atom. The molecule has 0 saturated carbocycles. The molecule has 31 heavy (non-hydrogen) atoms. The number of rotatable bonds is 4. The van der Waals surface area contributed by atoms with Crippen molar-refractivity contribution in [2.45, 2.75) is 37.4 Å². The minimum absolute atomic E-state index is 0.0690. The number of likely N-dealkylation sites (tertiary alicyclic amines) is 1. The smallest absolute Gasteiger partial charge is 0.253 e. The molecule has 2 aliphatic heterocycles. The first-order chi connectivity index (χ1) is 14.8. The van der Waals surface area contributed by atoms with E-state index in [0.717, 1.165) is 18.9 Å². The van der Waals surface area contributed by atoms with E-state index in [1.807, 2.05) is 0 Å². The zero-order valence-electron chi connectivity index (χ0n) is 16.9. The van der Waals surface area contributed by atoms with Gasteiger partial charge in [-0.25, -0.2) is 8.78 Å². The van der Waals surface area contributed by atoms with Gasteiger partial charge in [-0.2, -0.15) is 0 Å². The fourth-order valence-corrected chi connectivity index (χ4v) is 4.53. The van der Waals surface area contributed by atoms with Gasteiger partial charge in [-0.1, -0.05) is 11.6 Å². The summed E-state index contributed by atoms with van der Waals surface area (Å²) in [4.78, 5) is 26.7. The Hall–Kier alpha value is -2.51. The molecule has 0 aromatic heterocycles. The van der Waals surface area contributed by atoms with Crippen LogP contribution in [0.3, 0.4) is 0 Å². The number of piperidine rings is 1. The molecule has 2 heterocycles. The van der Waals surface area contributed by atoms with Crippen molar-refractivity contribution in [1.29, 1.82) is 0 Å². The fraction of sp³-hybridized carbons (Fsp3) is 0.391. The molecule has 1 spiro atoms. The number of amides is 2. The summed E-state index contributed by atoms with van der Waals surface area (Å²) in [5.41, 5.74) is 0.413. The van der Waals surface area contributed by atoms with Crippen molar-refractivity contribution >= 4 is 23.4 Å². The minimum atomic E-state index is -0.494. The van der Waals surface area contributed by atoms with Gasteiger partial charge >= 0.3 is 0 Å². The highest BCUT2D eigenvalue weighted by Crippen LogP contribution is 2.39. The fourth-order valence-electron chi connectivity index (χ4n) is 4.27. The standard InChI is InChI=1S/C23H23ClF2N2O3/c24-20-13-17(26)5-6-19(20)21(29)27-14-18-7-8-23(31-18)9-11-28(12-10-23)22(30)15-1-3-16(25)4-2-15/h1-6,13,18H,7-12,14H2,(H,27,29). The second-order valence-electron chi connectivity index (χ2n) is 8.09. The second kappa shape index (κ2) is 8.93. The molecule has 0 aliphatic carbocycles. The summed E-state index contributed by atoms with van der Waals surface area (Å²) in [6.45, 7) is 1.48. The van der Waals surface area contributed by atoms with E-state index >= 15 is 0 Å². The number of carbonyl (C=O) groups excluding carboxylic acids is 2. The van der Waals surface area contributed by atoms with E-state index in [0.29, 0.717) is 38.0 Å². The van der Waals surface area contributed by atoms with Crippen molar-refractivity contribution in [3.63, 3.8) is 0 Å². The average Bonchev–Trinajstić information content (AvgIpc) is 3.15.